The number of carbonyl (C=O) groups is 1. The Morgan fingerprint density at radius 2 is 2.18 bits per heavy atom. The molecule has 0 amide bonds. The molecule has 0 aliphatic heterocycles. The number of aryl methyl sites for hydroxylation is 1. The lowest BCUT2D eigenvalue weighted by Crippen LogP contribution is -2.03. The van der Waals surface area contributed by atoms with Gasteiger partial charge in [-0.15, -0.1) is 11.8 Å². The summed E-state index contributed by atoms with van der Waals surface area (Å²) in [5.41, 5.74) is 0.966. The van der Waals surface area contributed by atoms with Crippen molar-refractivity contribution in [1.29, 1.82) is 0 Å². The van der Waals surface area contributed by atoms with Crippen molar-refractivity contribution in [2.45, 2.75) is 10.6 Å². The molecular formula is C11H11N3O2S. The molecule has 0 aliphatic rings. The Bertz CT molecular complexity index is 525. The monoisotopic (exact) mass is 249 g/mol. The highest BCUT2D eigenvalue weighted by Gasteiger charge is 2.14. The van der Waals surface area contributed by atoms with Gasteiger partial charge in [-0.1, -0.05) is 0 Å². The Morgan fingerprint density at radius 1 is 1.47 bits per heavy atom. The fourth-order valence-corrected chi connectivity index (χ4v) is 2.36. The lowest BCUT2D eigenvalue weighted by atomic mass is 10.3. The summed E-state index contributed by atoms with van der Waals surface area (Å²) in [4.78, 5) is 16.0. The summed E-state index contributed by atoms with van der Waals surface area (Å²) in [7, 11) is 1.74. The van der Waals surface area contributed by atoms with Crippen molar-refractivity contribution in [2.75, 3.05) is 0 Å². The maximum absolute atomic E-state index is 11.0. The van der Waals surface area contributed by atoms with Crippen LogP contribution in [0.5, 0.6) is 0 Å². The second-order valence-electron chi connectivity index (χ2n) is 3.41. The van der Waals surface area contributed by atoms with Crippen LogP contribution in [0.1, 0.15) is 16.1 Å². The van der Waals surface area contributed by atoms with E-state index in [9.17, 15) is 4.79 Å². The highest BCUT2D eigenvalue weighted by atomic mass is 32.2. The van der Waals surface area contributed by atoms with E-state index in [0.29, 0.717) is 11.4 Å². The van der Waals surface area contributed by atoms with Crippen molar-refractivity contribution in [3.63, 3.8) is 0 Å². The smallest absolute Gasteiger partial charge is 0.339 e. The third-order valence-corrected chi connectivity index (χ3v) is 3.34. The minimum Gasteiger partial charge on any atom is -0.478 e. The van der Waals surface area contributed by atoms with Crippen LogP contribution in [0.25, 0.3) is 0 Å². The SMILES string of the molecule is Cn1ncc(C(=O)O)c1CSc1ccncc1. The van der Waals surface area contributed by atoms with Crippen molar-refractivity contribution in [3.8, 4) is 0 Å². The Kier molecular flexibility index (Phi) is 3.43. The number of aromatic nitrogens is 3. The fourth-order valence-electron chi connectivity index (χ4n) is 1.40. The number of thioether (sulfide) groups is 1. The number of pyridine rings is 1. The van der Waals surface area contributed by atoms with Gasteiger partial charge in [0.15, 0.2) is 0 Å². The Hall–Kier alpha value is -1.82. The number of hydrogen-bond acceptors (Lipinski definition) is 4. The summed E-state index contributed by atoms with van der Waals surface area (Å²) >= 11 is 1.56. The van der Waals surface area contributed by atoms with Gasteiger partial charge in [0.25, 0.3) is 0 Å². The maximum atomic E-state index is 11.0. The summed E-state index contributed by atoms with van der Waals surface area (Å²) in [5.74, 6) is -0.370. The highest BCUT2D eigenvalue weighted by Crippen LogP contribution is 2.23. The van der Waals surface area contributed by atoms with E-state index in [1.54, 1.807) is 35.9 Å². The summed E-state index contributed by atoms with van der Waals surface area (Å²) in [5, 5.41) is 13.0. The van der Waals surface area contributed by atoms with E-state index in [-0.39, 0.29) is 5.56 Å². The van der Waals surface area contributed by atoms with Crippen molar-refractivity contribution in [3.05, 3.63) is 42.0 Å². The van der Waals surface area contributed by atoms with Crippen LogP contribution in [0.3, 0.4) is 0 Å². The number of carboxylic acid groups (broad SMARTS) is 1. The average molecular weight is 249 g/mol. The maximum Gasteiger partial charge on any atom is 0.339 e. The molecule has 0 aliphatic carbocycles. The van der Waals surface area contributed by atoms with Gasteiger partial charge in [0, 0.05) is 30.1 Å². The van der Waals surface area contributed by atoms with E-state index < -0.39 is 5.97 Å². The minimum absolute atomic E-state index is 0.258. The summed E-state index contributed by atoms with van der Waals surface area (Å²) in [6.07, 6.45) is 4.80. The highest BCUT2D eigenvalue weighted by molar-refractivity contribution is 7.98. The van der Waals surface area contributed by atoms with Crippen LogP contribution in [0.4, 0.5) is 0 Å². The zero-order valence-electron chi connectivity index (χ0n) is 9.20. The number of carboxylic acids is 1. The summed E-state index contributed by atoms with van der Waals surface area (Å²) in [6, 6.07) is 3.78. The summed E-state index contributed by atoms with van der Waals surface area (Å²) < 4.78 is 1.59. The number of nitrogens with zero attached hydrogens (tertiary/aromatic N) is 3. The van der Waals surface area contributed by atoms with Gasteiger partial charge in [-0.2, -0.15) is 5.10 Å². The van der Waals surface area contributed by atoms with Gasteiger partial charge in [0.1, 0.15) is 5.56 Å². The van der Waals surface area contributed by atoms with Crippen molar-refractivity contribution < 1.29 is 9.90 Å². The molecule has 2 aromatic heterocycles. The number of aromatic carboxylic acids is 1. The zero-order valence-corrected chi connectivity index (χ0v) is 10.0. The van der Waals surface area contributed by atoms with E-state index in [1.807, 2.05) is 12.1 Å². The van der Waals surface area contributed by atoms with Crippen molar-refractivity contribution >= 4 is 17.7 Å². The predicted molar refractivity (Wildman–Crippen MR) is 64.0 cm³/mol. The molecule has 5 nitrogen and oxygen atoms in total. The quantitative estimate of drug-likeness (QED) is 0.837. The van der Waals surface area contributed by atoms with Crippen LogP contribution >= 0.6 is 11.8 Å². The van der Waals surface area contributed by atoms with Gasteiger partial charge in [0.2, 0.25) is 0 Å². The van der Waals surface area contributed by atoms with E-state index in [4.69, 9.17) is 5.11 Å². The van der Waals surface area contributed by atoms with E-state index >= 15 is 0 Å². The molecule has 2 heterocycles. The van der Waals surface area contributed by atoms with Crippen LogP contribution in [0.15, 0.2) is 35.6 Å². The molecular weight excluding hydrogens is 238 g/mol. The standard InChI is InChI=1S/C11H11N3O2S/c1-14-10(9(6-13-14)11(15)16)7-17-8-2-4-12-5-3-8/h2-6H,7H2,1H3,(H,15,16). The third kappa shape index (κ3) is 2.65. The fraction of sp³-hybridized carbons (Fsp3) is 0.182. The van der Waals surface area contributed by atoms with Gasteiger partial charge in [-0.05, 0) is 12.1 Å². The molecule has 0 fully saturated rings. The number of rotatable bonds is 4. The lowest BCUT2D eigenvalue weighted by Gasteiger charge is -2.03. The molecule has 6 heteroatoms. The van der Waals surface area contributed by atoms with Gasteiger partial charge in [-0.3, -0.25) is 9.67 Å². The second-order valence-corrected chi connectivity index (χ2v) is 4.45. The first-order valence-electron chi connectivity index (χ1n) is 4.95. The minimum atomic E-state index is -0.941. The molecule has 2 aromatic rings. The third-order valence-electron chi connectivity index (χ3n) is 2.32. The van der Waals surface area contributed by atoms with Crippen molar-refractivity contribution in [1.82, 2.24) is 14.8 Å². The van der Waals surface area contributed by atoms with Gasteiger partial charge < -0.3 is 5.11 Å². The first-order valence-corrected chi connectivity index (χ1v) is 5.94. The largest absolute Gasteiger partial charge is 0.478 e. The zero-order chi connectivity index (χ0) is 12.3. The predicted octanol–water partition coefficient (Wildman–Crippen LogP) is 1.81. The summed E-state index contributed by atoms with van der Waals surface area (Å²) in [6.45, 7) is 0. The molecule has 0 radical (unpaired) electrons. The molecule has 0 atom stereocenters. The molecule has 17 heavy (non-hydrogen) atoms. The Morgan fingerprint density at radius 3 is 2.82 bits per heavy atom. The van der Waals surface area contributed by atoms with Gasteiger partial charge in [0.05, 0.1) is 11.9 Å². The molecule has 0 aromatic carbocycles. The van der Waals surface area contributed by atoms with Crippen LogP contribution in [0.2, 0.25) is 0 Å². The van der Waals surface area contributed by atoms with E-state index in [0.717, 1.165) is 4.90 Å². The van der Waals surface area contributed by atoms with E-state index in [1.165, 1.54) is 6.20 Å². The van der Waals surface area contributed by atoms with Gasteiger partial charge >= 0.3 is 5.97 Å². The van der Waals surface area contributed by atoms with Crippen LogP contribution in [-0.4, -0.2) is 25.8 Å². The van der Waals surface area contributed by atoms with Crippen LogP contribution < -0.4 is 0 Å². The topological polar surface area (TPSA) is 68.0 Å². The molecule has 0 saturated carbocycles. The molecule has 0 unspecified atom stereocenters. The first kappa shape index (κ1) is 11.7. The average Bonchev–Trinajstić information content (AvgIpc) is 2.69. The second kappa shape index (κ2) is 5.01. The number of hydrogen-bond donors (Lipinski definition) is 1. The molecule has 2 rings (SSSR count). The Labute approximate surface area is 102 Å². The molecule has 0 spiro atoms. The molecule has 0 bridgehead atoms. The first-order chi connectivity index (χ1) is 8.18. The molecule has 1 N–H and O–H groups in total. The van der Waals surface area contributed by atoms with Crippen LogP contribution in [-0.2, 0) is 12.8 Å². The van der Waals surface area contributed by atoms with E-state index in [2.05, 4.69) is 10.1 Å². The lowest BCUT2D eigenvalue weighted by molar-refractivity contribution is 0.0696. The molecule has 88 valence electrons. The van der Waals surface area contributed by atoms with Gasteiger partial charge in [-0.25, -0.2) is 4.79 Å². The van der Waals surface area contributed by atoms with Crippen LogP contribution in [0, 0.1) is 0 Å². The van der Waals surface area contributed by atoms with Crippen molar-refractivity contribution in [2.24, 2.45) is 7.05 Å². The normalized spacial score (nSPS) is 10.4. The Balaban J connectivity index is 2.14. The molecule has 0 saturated heterocycles.